The molecule has 0 saturated carbocycles. The third kappa shape index (κ3) is 2.48. The molecule has 1 aromatic heterocycles. The van der Waals surface area contributed by atoms with Crippen LogP contribution in [0.3, 0.4) is 0 Å². The highest BCUT2D eigenvalue weighted by atomic mass is 16.7. The molecule has 0 radical (unpaired) electrons. The van der Waals surface area contributed by atoms with Gasteiger partial charge in [-0.1, -0.05) is 12.1 Å². The number of rotatable bonds is 2. The Hall–Kier alpha value is -3.28. The van der Waals surface area contributed by atoms with Crippen LogP contribution in [0.4, 0.5) is 0 Å². The number of nitrogens with one attached hydrogen (secondary N) is 2. The Kier molecular flexibility index (Phi) is 3.63. The lowest BCUT2D eigenvalue weighted by atomic mass is 9.75. The van der Waals surface area contributed by atoms with Crippen molar-refractivity contribution in [2.24, 2.45) is 11.7 Å². The number of ether oxygens (including phenoxy) is 3. The van der Waals surface area contributed by atoms with E-state index < -0.39 is 0 Å². The molecule has 1 aromatic carbocycles. The average molecular weight is 363 g/mol. The molecule has 3 aliphatic rings. The van der Waals surface area contributed by atoms with Gasteiger partial charge in [0.25, 0.3) is 0 Å². The zero-order valence-electron chi connectivity index (χ0n) is 14.3. The van der Waals surface area contributed by atoms with Crippen LogP contribution in [0, 0.1) is 17.2 Å². The summed E-state index contributed by atoms with van der Waals surface area (Å²) in [5.41, 5.74) is 14.6. The summed E-state index contributed by atoms with van der Waals surface area (Å²) in [5, 5.41) is 9.78. The molecule has 2 aromatic rings. The predicted octanol–water partition coefficient (Wildman–Crippen LogP) is 1.41. The number of hydrazine groups is 1. The van der Waals surface area contributed by atoms with Crippen molar-refractivity contribution in [2.75, 3.05) is 6.79 Å². The number of benzene rings is 1. The SMILES string of the molecule is N#CC1=C(N)OC2NNC(c3ccccn3)C2C1c1ccc2c(c1)OCO2. The van der Waals surface area contributed by atoms with Crippen LogP contribution < -0.4 is 26.1 Å². The number of allylic oxidation sites excluding steroid dienone is 1. The lowest BCUT2D eigenvalue weighted by Gasteiger charge is -2.35. The predicted molar refractivity (Wildman–Crippen MR) is 93.7 cm³/mol. The largest absolute Gasteiger partial charge is 0.458 e. The van der Waals surface area contributed by atoms with E-state index in [4.69, 9.17) is 19.9 Å². The summed E-state index contributed by atoms with van der Waals surface area (Å²) in [7, 11) is 0. The maximum Gasteiger partial charge on any atom is 0.231 e. The zero-order chi connectivity index (χ0) is 18.4. The fourth-order valence-corrected chi connectivity index (χ4v) is 4.01. The molecule has 4 N–H and O–H groups in total. The number of pyridine rings is 1. The molecule has 8 nitrogen and oxygen atoms in total. The van der Waals surface area contributed by atoms with E-state index in [-0.39, 0.29) is 36.8 Å². The second-order valence-electron chi connectivity index (χ2n) is 6.62. The smallest absolute Gasteiger partial charge is 0.231 e. The molecule has 0 spiro atoms. The van der Waals surface area contributed by atoms with Crippen molar-refractivity contribution in [3.05, 3.63) is 65.3 Å². The first-order valence-corrected chi connectivity index (χ1v) is 8.64. The van der Waals surface area contributed by atoms with Crippen molar-refractivity contribution >= 4 is 0 Å². The molecular formula is C19H17N5O3. The molecule has 136 valence electrons. The number of fused-ring (bicyclic) bond motifs is 2. The number of hydrogen-bond donors (Lipinski definition) is 3. The second kappa shape index (κ2) is 6.16. The summed E-state index contributed by atoms with van der Waals surface area (Å²) in [6.07, 6.45) is 1.36. The molecule has 27 heavy (non-hydrogen) atoms. The highest BCUT2D eigenvalue weighted by Crippen LogP contribution is 2.48. The first kappa shape index (κ1) is 15.9. The van der Waals surface area contributed by atoms with Crippen molar-refractivity contribution in [2.45, 2.75) is 18.2 Å². The molecule has 4 heterocycles. The number of hydrogen-bond acceptors (Lipinski definition) is 8. The van der Waals surface area contributed by atoms with Gasteiger partial charge in [0.1, 0.15) is 6.07 Å². The minimum Gasteiger partial charge on any atom is -0.458 e. The van der Waals surface area contributed by atoms with Gasteiger partial charge in [-0.05, 0) is 29.8 Å². The van der Waals surface area contributed by atoms with E-state index in [0.717, 1.165) is 11.3 Å². The molecular weight excluding hydrogens is 346 g/mol. The van der Waals surface area contributed by atoms with Gasteiger partial charge in [-0.25, -0.2) is 10.9 Å². The van der Waals surface area contributed by atoms with Gasteiger partial charge in [0.15, 0.2) is 17.7 Å². The van der Waals surface area contributed by atoms with E-state index in [1.807, 2.05) is 36.4 Å². The number of aromatic nitrogens is 1. The first-order chi connectivity index (χ1) is 13.3. The molecule has 0 aliphatic carbocycles. The standard InChI is InChI=1S/C19H17N5O3/c20-8-11-15(10-4-5-13-14(7-10)26-9-25-13)16-17(12-3-1-2-6-22-12)23-24-19(16)27-18(11)21/h1-7,15-17,19,23-24H,9,21H2. The monoisotopic (exact) mass is 363 g/mol. The van der Waals surface area contributed by atoms with Crippen LogP contribution in [0.2, 0.25) is 0 Å². The normalized spacial score (nSPS) is 28.4. The average Bonchev–Trinajstić information content (AvgIpc) is 3.33. The summed E-state index contributed by atoms with van der Waals surface area (Å²) in [5.74, 6) is 1.10. The molecule has 1 fully saturated rings. The Morgan fingerprint density at radius 2 is 2.04 bits per heavy atom. The highest BCUT2D eigenvalue weighted by molar-refractivity contribution is 5.50. The summed E-state index contributed by atoms with van der Waals surface area (Å²) in [6, 6.07) is 13.6. The summed E-state index contributed by atoms with van der Waals surface area (Å²) < 4.78 is 16.7. The lowest BCUT2D eigenvalue weighted by molar-refractivity contribution is 0.0338. The van der Waals surface area contributed by atoms with E-state index in [1.165, 1.54) is 0 Å². The van der Waals surface area contributed by atoms with Crippen molar-refractivity contribution in [3.8, 4) is 17.6 Å². The summed E-state index contributed by atoms with van der Waals surface area (Å²) >= 11 is 0. The Bertz CT molecular complexity index is 956. The Balaban J connectivity index is 1.62. The van der Waals surface area contributed by atoms with Crippen LogP contribution in [0.1, 0.15) is 23.2 Å². The van der Waals surface area contributed by atoms with Crippen LogP contribution in [0.25, 0.3) is 0 Å². The van der Waals surface area contributed by atoms with Gasteiger partial charge in [-0.3, -0.25) is 4.98 Å². The summed E-state index contributed by atoms with van der Waals surface area (Å²) in [4.78, 5) is 4.47. The van der Waals surface area contributed by atoms with Gasteiger partial charge in [-0.2, -0.15) is 5.26 Å². The Morgan fingerprint density at radius 1 is 1.15 bits per heavy atom. The van der Waals surface area contributed by atoms with Crippen molar-refractivity contribution in [1.82, 2.24) is 15.8 Å². The molecule has 3 aliphatic heterocycles. The van der Waals surface area contributed by atoms with E-state index in [1.54, 1.807) is 6.20 Å². The minimum atomic E-state index is -0.385. The summed E-state index contributed by atoms with van der Waals surface area (Å²) in [6.45, 7) is 0.196. The van der Waals surface area contributed by atoms with E-state index in [9.17, 15) is 5.26 Å². The van der Waals surface area contributed by atoms with Crippen LogP contribution >= 0.6 is 0 Å². The topological polar surface area (TPSA) is 114 Å². The van der Waals surface area contributed by atoms with Gasteiger partial charge in [-0.15, -0.1) is 0 Å². The number of nitriles is 1. The third-order valence-corrected chi connectivity index (χ3v) is 5.21. The number of nitrogens with zero attached hydrogens (tertiary/aromatic N) is 2. The second-order valence-corrected chi connectivity index (χ2v) is 6.62. The molecule has 0 bridgehead atoms. The van der Waals surface area contributed by atoms with Crippen molar-refractivity contribution in [3.63, 3.8) is 0 Å². The Morgan fingerprint density at radius 3 is 2.85 bits per heavy atom. The first-order valence-electron chi connectivity index (χ1n) is 8.64. The van der Waals surface area contributed by atoms with Gasteiger partial charge in [0.05, 0.1) is 17.3 Å². The van der Waals surface area contributed by atoms with Crippen LogP contribution in [-0.2, 0) is 4.74 Å². The Labute approximate surface area is 155 Å². The maximum absolute atomic E-state index is 9.78. The molecule has 4 atom stereocenters. The molecule has 5 rings (SSSR count). The molecule has 8 heteroatoms. The van der Waals surface area contributed by atoms with E-state index in [2.05, 4.69) is 21.9 Å². The van der Waals surface area contributed by atoms with Crippen molar-refractivity contribution in [1.29, 1.82) is 5.26 Å². The van der Waals surface area contributed by atoms with Crippen LogP contribution in [0.5, 0.6) is 11.5 Å². The molecule has 1 saturated heterocycles. The maximum atomic E-state index is 9.78. The van der Waals surface area contributed by atoms with Crippen molar-refractivity contribution < 1.29 is 14.2 Å². The minimum absolute atomic E-state index is 0.123. The highest BCUT2D eigenvalue weighted by Gasteiger charge is 2.49. The fraction of sp³-hybridized carbons (Fsp3) is 0.263. The van der Waals surface area contributed by atoms with Crippen LogP contribution in [0.15, 0.2) is 54.1 Å². The number of nitrogens with two attached hydrogens (primary N) is 1. The van der Waals surface area contributed by atoms with Gasteiger partial charge in [0.2, 0.25) is 12.7 Å². The molecule has 0 amide bonds. The van der Waals surface area contributed by atoms with E-state index >= 15 is 0 Å². The third-order valence-electron chi connectivity index (χ3n) is 5.21. The fourth-order valence-electron chi connectivity index (χ4n) is 4.01. The van der Waals surface area contributed by atoms with Gasteiger partial charge in [0, 0.05) is 18.0 Å². The van der Waals surface area contributed by atoms with Gasteiger partial charge >= 0.3 is 0 Å². The quantitative estimate of drug-likeness (QED) is 0.734. The molecule has 4 unspecified atom stereocenters. The van der Waals surface area contributed by atoms with Gasteiger partial charge < -0.3 is 19.9 Å². The lowest BCUT2D eigenvalue weighted by Crippen LogP contribution is -2.41. The van der Waals surface area contributed by atoms with Crippen LogP contribution in [-0.4, -0.2) is 18.0 Å². The van der Waals surface area contributed by atoms with E-state index in [0.29, 0.717) is 17.1 Å². The zero-order valence-corrected chi connectivity index (χ0v) is 14.3.